The minimum atomic E-state index is 0.0185. The van der Waals surface area contributed by atoms with Crippen LogP contribution in [0.15, 0.2) is 46.9 Å². The lowest BCUT2D eigenvalue weighted by molar-refractivity contribution is 0.103. The van der Waals surface area contributed by atoms with Gasteiger partial charge in [-0.15, -0.1) is 0 Å². The molecular formula is C17H14BrClO. The number of hydrogen-bond donors (Lipinski definition) is 0. The fourth-order valence-corrected chi connectivity index (χ4v) is 3.36. The fourth-order valence-electron chi connectivity index (χ4n) is 2.60. The van der Waals surface area contributed by atoms with Gasteiger partial charge in [-0.2, -0.15) is 0 Å². The number of ketones is 1. The first-order chi connectivity index (χ1) is 9.66. The summed E-state index contributed by atoms with van der Waals surface area (Å²) in [6, 6.07) is 13.3. The van der Waals surface area contributed by atoms with E-state index in [0.717, 1.165) is 10.0 Å². The zero-order chi connectivity index (χ0) is 14.1. The molecule has 2 aromatic carbocycles. The highest BCUT2D eigenvalue weighted by molar-refractivity contribution is 9.10. The summed E-state index contributed by atoms with van der Waals surface area (Å²) in [5.41, 5.74) is 2.53. The average Bonchev–Trinajstić information content (AvgIpc) is 2.37. The predicted molar refractivity (Wildman–Crippen MR) is 85.6 cm³/mol. The molecule has 1 saturated carbocycles. The average molecular weight is 350 g/mol. The van der Waals surface area contributed by atoms with Crippen molar-refractivity contribution in [2.75, 3.05) is 0 Å². The van der Waals surface area contributed by atoms with Crippen LogP contribution in [-0.4, -0.2) is 5.78 Å². The van der Waals surface area contributed by atoms with E-state index in [4.69, 9.17) is 11.6 Å². The maximum Gasteiger partial charge on any atom is 0.194 e. The third-order valence-corrected chi connectivity index (χ3v) is 4.73. The van der Waals surface area contributed by atoms with E-state index < -0.39 is 0 Å². The summed E-state index contributed by atoms with van der Waals surface area (Å²) in [7, 11) is 0. The molecule has 0 saturated heterocycles. The van der Waals surface area contributed by atoms with E-state index in [9.17, 15) is 4.79 Å². The van der Waals surface area contributed by atoms with Gasteiger partial charge in [-0.25, -0.2) is 0 Å². The molecule has 0 aromatic heterocycles. The van der Waals surface area contributed by atoms with Crippen molar-refractivity contribution in [3.8, 4) is 0 Å². The van der Waals surface area contributed by atoms with Gasteiger partial charge in [-0.3, -0.25) is 4.79 Å². The van der Waals surface area contributed by atoms with Crippen molar-refractivity contribution in [1.29, 1.82) is 0 Å². The van der Waals surface area contributed by atoms with Gasteiger partial charge >= 0.3 is 0 Å². The smallest absolute Gasteiger partial charge is 0.194 e. The van der Waals surface area contributed by atoms with E-state index in [1.165, 1.54) is 24.8 Å². The molecule has 3 rings (SSSR count). The summed E-state index contributed by atoms with van der Waals surface area (Å²) in [4.78, 5) is 12.7. The van der Waals surface area contributed by atoms with Gasteiger partial charge in [0.25, 0.3) is 0 Å². The molecule has 0 bridgehead atoms. The van der Waals surface area contributed by atoms with Gasteiger partial charge in [0.2, 0.25) is 0 Å². The molecule has 1 aliphatic rings. The van der Waals surface area contributed by atoms with Crippen LogP contribution in [0, 0.1) is 0 Å². The Labute approximate surface area is 132 Å². The number of halogens is 2. The monoisotopic (exact) mass is 348 g/mol. The Hall–Kier alpha value is -1.12. The molecule has 1 aliphatic carbocycles. The molecule has 0 heterocycles. The lowest BCUT2D eigenvalue weighted by atomic mass is 9.77. The zero-order valence-electron chi connectivity index (χ0n) is 10.9. The Morgan fingerprint density at radius 3 is 2.50 bits per heavy atom. The molecule has 20 heavy (non-hydrogen) atoms. The van der Waals surface area contributed by atoms with Gasteiger partial charge in [-0.05, 0) is 42.5 Å². The van der Waals surface area contributed by atoms with Crippen LogP contribution in [-0.2, 0) is 0 Å². The SMILES string of the molecule is O=C(c1ccc(Br)cc1Cl)c1ccccc1C1CCC1. The molecule has 0 aliphatic heterocycles. The van der Waals surface area contributed by atoms with E-state index in [1.54, 1.807) is 12.1 Å². The zero-order valence-corrected chi connectivity index (χ0v) is 13.2. The summed E-state index contributed by atoms with van der Waals surface area (Å²) in [6.45, 7) is 0. The van der Waals surface area contributed by atoms with Crippen LogP contribution < -0.4 is 0 Å². The van der Waals surface area contributed by atoms with E-state index >= 15 is 0 Å². The minimum absolute atomic E-state index is 0.0185. The Morgan fingerprint density at radius 1 is 1.10 bits per heavy atom. The quantitative estimate of drug-likeness (QED) is 0.659. The third kappa shape index (κ3) is 2.55. The second kappa shape index (κ2) is 5.71. The van der Waals surface area contributed by atoms with Crippen molar-refractivity contribution >= 4 is 33.3 Å². The van der Waals surface area contributed by atoms with Crippen molar-refractivity contribution in [2.24, 2.45) is 0 Å². The maximum absolute atomic E-state index is 12.7. The van der Waals surface area contributed by atoms with Crippen molar-refractivity contribution in [1.82, 2.24) is 0 Å². The van der Waals surface area contributed by atoms with E-state index in [-0.39, 0.29) is 5.78 Å². The highest BCUT2D eigenvalue weighted by Crippen LogP contribution is 2.38. The molecule has 0 atom stereocenters. The van der Waals surface area contributed by atoms with Crippen molar-refractivity contribution in [3.05, 3.63) is 68.7 Å². The van der Waals surface area contributed by atoms with Crippen LogP contribution in [0.3, 0.4) is 0 Å². The number of rotatable bonds is 3. The molecule has 3 heteroatoms. The van der Waals surface area contributed by atoms with Gasteiger partial charge < -0.3 is 0 Å². The second-order valence-electron chi connectivity index (χ2n) is 5.17. The second-order valence-corrected chi connectivity index (χ2v) is 6.49. The molecule has 0 spiro atoms. The number of hydrogen-bond acceptors (Lipinski definition) is 1. The molecule has 1 nitrogen and oxygen atoms in total. The first-order valence-electron chi connectivity index (χ1n) is 6.75. The highest BCUT2D eigenvalue weighted by Gasteiger charge is 2.25. The van der Waals surface area contributed by atoms with Crippen molar-refractivity contribution < 1.29 is 4.79 Å². The summed E-state index contributed by atoms with van der Waals surface area (Å²) < 4.78 is 0.881. The summed E-state index contributed by atoms with van der Waals surface area (Å²) in [5, 5.41) is 0.493. The molecule has 1 fully saturated rings. The molecule has 2 aromatic rings. The maximum atomic E-state index is 12.7. The van der Waals surface area contributed by atoms with Crippen LogP contribution in [0.1, 0.15) is 46.7 Å². The topological polar surface area (TPSA) is 17.1 Å². The third-order valence-electron chi connectivity index (χ3n) is 3.93. The molecule has 0 unspecified atom stereocenters. The molecule has 0 radical (unpaired) electrons. The minimum Gasteiger partial charge on any atom is -0.289 e. The van der Waals surface area contributed by atoms with Crippen LogP contribution in [0.25, 0.3) is 0 Å². The normalized spacial score (nSPS) is 14.9. The van der Waals surface area contributed by atoms with Crippen LogP contribution >= 0.6 is 27.5 Å². The standard InChI is InChI=1S/C17H14BrClO/c18-12-8-9-15(16(19)10-12)17(20)14-7-2-1-6-13(14)11-4-3-5-11/h1-2,6-11H,3-5H2. The van der Waals surface area contributed by atoms with Gasteiger partial charge in [0.1, 0.15) is 0 Å². The first kappa shape index (κ1) is 13.8. The predicted octanol–water partition coefficient (Wildman–Crippen LogP) is 5.60. The van der Waals surface area contributed by atoms with Gasteiger partial charge in [0.15, 0.2) is 5.78 Å². The molecule has 0 amide bonds. The molecular weight excluding hydrogens is 336 g/mol. The van der Waals surface area contributed by atoms with Crippen LogP contribution in [0.2, 0.25) is 5.02 Å². The number of benzene rings is 2. The van der Waals surface area contributed by atoms with Crippen LogP contribution in [0.4, 0.5) is 0 Å². The van der Waals surface area contributed by atoms with Gasteiger partial charge in [0, 0.05) is 15.6 Å². The van der Waals surface area contributed by atoms with Crippen molar-refractivity contribution in [2.45, 2.75) is 25.2 Å². The van der Waals surface area contributed by atoms with Crippen LogP contribution in [0.5, 0.6) is 0 Å². The molecule has 0 N–H and O–H groups in total. The Bertz CT molecular complexity index is 662. The lowest BCUT2D eigenvalue weighted by Crippen LogP contribution is -2.14. The van der Waals surface area contributed by atoms with Gasteiger partial charge in [0.05, 0.1) is 5.02 Å². The van der Waals surface area contributed by atoms with Crippen molar-refractivity contribution in [3.63, 3.8) is 0 Å². The number of carbonyl (C=O) groups excluding carboxylic acids is 1. The molecule has 102 valence electrons. The first-order valence-corrected chi connectivity index (χ1v) is 7.92. The van der Waals surface area contributed by atoms with E-state index in [2.05, 4.69) is 22.0 Å². The number of carbonyl (C=O) groups is 1. The summed E-state index contributed by atoms with van der Waals surface area (Å²) >= 11 is 9.57. The Balaban J connectivity index is 2.02. The lowest BCUT2D eigenvalue weighted by Gasteiger charge is -2.27. The van der Waals surface area contributed by atoms with E-state index in [1.807, 2.05) is 24.3 Å². The Morgan fingerprint density at radius 2 is 1.85 bits per heavy atom. The highest BCUT2D eigenvalue weighted by atomic mass is 79.9. The van der Waals surface area contributed by atoms with E-state index in [0.29, 0.717) is 16.5 Å². The fraction of sp³-hybridized carbons (Fsp3) is 0.235. The summed E-state index contributed by atoms with van der Waals surface area (Å²) in [6.07, 6.45) is 3.61. The largest absolute Gasteiger partial charge is 0.289 e. The van der Waals surface area contributed by atoms with Gasteiger partial charge in [-0.1, -0.05) is 58.2 Å². The Kier molecular flexibility index (Phi) is 3.95. The summed E-state index contributed by atoms with van der Waals surface area (Å²) in [5.74, 6) is 0.550.